The molecule has 0 saturated carbocycles. The Labute approximate surface area is 159 Å². The summed E-state index contributed by atoms with van der Waals surface area (Å²) >= 11 is 0. The third kappa shape index (κ3) is 3.43. The van der Waals surface area contributed by atoms with Gasteiger partial charge in [0, 0.05) is 29.0 Å². The van der Waals surface area contributed by atoms with Crippen molar-refractivity contribution >= 4 is 5.78 Å². The van der Waals surface area contributed by atoms with Crippen LogP contribution in [-0.4, -0.2) is 25.5 Å². The van der Waals surface area contributed by atoms with Crippen molar-refractivity contribution in [1.82, 2.24) is 5.32 Å². The third-order valence-electron chi connectivity index (χ3n) is 5.10. The molecule has 1 atom stereocenters. The van der Waals surface area contributed by atoms with Crippen LogP contribution >= 0.6 is 0 Å². The van der Waals surface area contributed by atoms with Crippen molar-refractivity contribution in [1.29, 1.82) is 5.26 Å². The Bertz CT molecular complexity index is 875. The second kappa shape index (κ2) is 7.45. The SMILES string of the molecule is COc1cccc(C2C(C#N)=C(C)NC3=C2C(=O)CC(C)(C)C3)c1OC.O. The van der Waals surface area contributed by atoms with Gasteiger partial charge in [-0.05, 0) is 24.8 Å². The highest BCUT2D eigenvalue weighted by Gasteiger charge is 2.42. The number of rotatable bonds is 3. The Hall–Kier alpha value is -2.78. The van der Waals surface area contributed by atoms with Crippen LogP contribution in [0.4, 0.5) is 0 Å². The van der Waals surface area contributed by atoms with Gasteiger partial charge >= 0.3 is 0 Å². The number of para-hydroxylation sites is 1. The highest BCUT2D eigenvalue weighted by Crippen LogP contribution is 2.49. The molecule has 1 unspecified atom stereocenters. The fourth-order valence-electron chi connectivity index (χ4n) is 4.03. The number of Topliss-reactive ketones (excluding diaryl/α,β-unsaturated/α-hetero) is 1. The molecule has 0 aromatic heterocycles. The summed E-state index contributed by atoms with van der Waals surface area (Å²) < 4.78 is 11.0. The first kappa shape index (κ1) is 20.5. The minimum Gasteiger partial charge on any atom is -0.493 e. The quantitative estimate of drug-likeness (QED) is 0.881. The number of carbonyl (C=O) groups is 1. The van der Waals surface area contributed by atoms with Crippen molar-refractivity contribution in [2.75, 3.05) is 14.2 Å². The molecular weight excluding hydrogens is 344 g/mol. The van der Waals surface area contributed by atoms with E-state index in [0.717, 1.165) is 23.4 Å². The van der Waals surface area contributed by atoms with E-state index in [0.29, 0.717) is 29.1 Å². The molecule has 1 aliphatic carbocycles. The molecule has 3 N–H and O–H groups in total. The van der Waals surface area contributed by atoms with E-state index in [4.69, 9.17) is 9.47 Å². The van der Waals surface area contributed by atoms with Crippen molar-refractivity contribution in [2.24, 2.45) is 5.41 Å². The van der Waals surface area contributed by atoms with E-state index >= 15 is 0 Å². The largest absolute Gasteiger partial charge is 0.493 e. The lowest BCUT2D eigenvalue weighted by atomic mass is 9.68. The number of nitrogens with zero attached hydrogens (tertiary/aromatic N) is 1. The van der Waals surface area contributed by atoms with Crippen LogP contribution in [0.2, 0.25) is 0 Å². The van der Waals surface area contributed by atoms with Crippen molar-refractivity contribution in [3.05, 3.63) is 46.3 Å². The molecule has 2 aliphatic rings. The molecule has 3 rings (SSSR count). The second-order valence-corrected chi connectivity index (χ2v) is 7.62. The minimum atomic E-state index is -0.440. The molecule has 0 amide bonds. The van der Waals surface area contributed by atoms with E-state index in [1.54, 1.807) is 14.2 Å². The molecule has 144 valence electrons. The van der Waals surface area contributed by atoms with Gasteiger partial charge < -0.3 is 20.3 Å². The number of nitrogens with one attached hydrogen (secondary N) is 1. The first-order chi connectivity index (χ1) is 12.3. The number of methoxy groups -OCH3 is 2. The number of benzene rings is 1. The van der Waals surface area contributed by atoms with Crippen LogP contribution in [0.5, 0.6) is 11.5 Å². The number of hydrogen-bond acceptors (Lipinski definition) is 5. The summed E-state index contributed by atoms with van der Waals surface area (Å²) in [7, 11) is 3.15. The third-order valence-corrected chi connectivity index (χ3v) is 5.10. The topological polar surface area (TPSA) is 103 Å². The Morgan fingerprint density at radius 3 is 2.52 bits per heavy atom. The zero-order valence-corrected chi connectivity index (χ0v) is 16.4. The molecule has 1 heterocycles. The number of carbonyl (C=O) groups excluding carboxylic acids is 1. The Morgan fingerprint density at radius 2 is 1.93 bits per heavy atom. The smallest absolute Gasteiger partial charge is 0.164 e. The first-order valence-corrected chi connectivity index (χ1v) is 8.68. The van der Waals surface area contributed by atoms with Gasteiger partial charge in [0.25, 0.3) is 0 Å². The number of ketones is 1. The lowest BCUT2D eigenvalue weighted by molar-refractivity contribution is -0.118. The van der Waals surface area contributed by atoms with E-state index < -0.39 is 5.92 Å². The van der Waals surface area contributed by atoms with Crippen LogP contribution in [0.1, 0.15) is 45.1 Å². The summed E-state index contributed by atoms with van der Waals surface area (Å²) in [6.07, 6.45) is 1.24. The first-order valence-electron chi connectivity index (χ1n) is 8.68. The predicted molar refractivity (Wildman–Crippen MR) is 102 cm³/mol. The van der Waals surface area contributed by atoms with Crippen LogP contribution in [-0.2, 0) is 4.79 Å². The lowest BCUT2D eigenvalue weighted by Crippen LogP contribution is -2.37. The Morgan fingerprint density at radius 1 is 1.22 bits per heavy atom. The van der Waals surface area contributed by atoms with Crippen molar-refractivity contribution < 1.29 is 19.7 Å². The molecule has 1 aliphatic heterocycles. The van der Waals surface area contributed by atoms with Gasteiger partial charge in [-0.3, -0.25) is 4.79 Å². The van der Waals surface area contributed by atoms with Gasteiger partial charge in [0.2, 0.25) is 0 Å². The average Bonchev–Trinajstić information content (AvgIpc) is 2.58. The van der Waals surface area contributed by atoms with Crippen molar-refractivity contribution in [3.8, 4) is 17.6 Å². The predicted octanol–water partition coefficient (Wildman–Crippen LogP) is 3.01. The molecule has 6 heteroatoms. The van der Waals surface area contributed by atoms with Gasteiger partial charge in [-0.2, -0.15) is 5.26 Å². The number of ether oxygens (including phenoxy) is 2. The molecule has 0 saturated heterocycles. The van der Waals surface area contributed by atoms with Crippen LogP contribution in [0.15, 0.2) is 40.7 Å². The number of hydrogen-bond donors (Lipinski definition) is 1. The maximum Gasteiger partial charge on any atom is 0.164 e. The highest BCUT2D eigenvalue weighted by molar-refractivity contribution is 6.00. The molecule has 1 aromatic carbocycles. The summed E-state index contributed by atoms with van der Waals surface area (Å²) in [4.78, 5) is 13.0. The summed E-state index contributed by atoms with van der Waals surface area (Å²) in [6.45, 7) is 6.07. The molecular formula is C21H26N2O4. The van der Waals surface area contributed by atoms with E-state index in [-0.39, 0.29) is 16.7 Å². The molecule has 0 spiro atoms. The van der Waals surface area contributed by atoms with Gasteiger partial charge in [-0.25, -0.2) is 0 Å². The molecule has 1 aromatic rings. The Balaban J connectivity index is 0.00000261. The maximum absolute atomic E-state index is 13.0. The summed E-state index contributed by atoms with van der Waals surface area (Å²) in [5.74, 6) is 0.792. The summed E-state index contributed by atoms with van der Waals surface area (Å²) in [5.41, 5.74) is 3.60. The second-order valence-electron chi connectivity index (χ2n) is 7.62. The number of nitriles is 1. The van der Waals surface area contributed by atoms with Crippen molar-refractivity contribution in [2.45, 2.75) is 39.5 Å². The zero-order chi connectivity index (χ0) is 19.1. The monoisotopic (exact) mass is 370 g/mol. The van der Waals surface area contributed by atoms with Gasteiger partial charge in [-0.1, -0.05) is 26.0 Å². The zero-order valence-electron chi connectivity index (χ0n) is 16.4. The van der Waals surface area contributed by atoms with E-state index in [2.05, 4.69) is 25.2 Å². The van der Waals surface area contributed by atoms with Gasteiger partial charge in [0.15, 0.2) is 17.3 Å². The molecule has 0 fully saturated rings. The molecule has 27 heavy (non-hydrogen) atoms. The van der Waals surface area contributed by atoms with Crippen LogP contribution in [0, 0.1) is 16.7 Å². The van der Waals surface area contributed by atoms with Gasteiger partial charge in [-0.15, -0.1) is 0 Å². The summed E-state index contributed by atoms with van der Waals surface area (Å²) in [5, 5.41) is 13.1. The molecule has 0 radical (unpaired) electrons. The summed E-state index contributed by atoms with van der Waals surface area (Å²) in [6, 6.07) is 7.88. The standard InChI is InChI=1S/C21H24N2O3.H2O/c1-12-14(11-22)18(13-7-6-8-17(25-4)20(13)26-5)19-15(23-12)9-21(2,3)10-16(19)24;/h6-8,18,23H,9-10H2,1-5H3;1H2. The molecule has 6 nitrogen and oxygen atoms in total. The van der Waals surface area contributed by atoms with Crippen LogP contribution in [0.25, 0.3) is 0 Å². The Kier molecular flexibility index (Phi) is 5.67. The lowest BCUT2D eigenvalue weighted by Gasteiger charge is -2.39. The van der Waals surface area contributed by atoms with Crippen molar-refractivity contribution in [3.63, 3.8) is 0 Å². The van der Waals surface area contributed by atoms with Gasteiger partial charge in [0.1, 0.15) is 0 Å². The van der Waals surface area contributed by atoms with E-state index in [1.165, 1.54) is 0 Å². The minimum absolute atomic E-state index is 0. The van der Waals surface area contributed by atoms with E-state index in [1.807, 2.05) is 25.1 Å². The maximum atomic E-state index is 13.0. The number of dihydropyridines is 1. The fourth-order valence-corrected chi connectivity index (χ4v) is 4.03. The van der Waals surface area contributed by atoms with Crippen LogP contribution in [0.3, 0.4) is 0 Å². The highest BCUT2D eigenvalue weighted by atomic mass is 16.5. The normalized spacial score (nSPS) is 20.9. The molecule has 0 bridgehead atoms. The van der Waals surface area contributed by atoms with Crippen LogP contribution < -0.4 is 14.8 Å². The number of allylic oxidation sites excluding steroid dienone is 4. The van der Waals surface area contributed by atoms with Gasteiger partial charge in [0.05, 0.1) is 31.8 Å². The average molecular weight is 370 g/mol. The fraction of sp³-hybridized carbons (Fsp3) is 0.429. The van der Waals surface area contributed by atoms with E-state index in [9.17, 15) is 10.1 Å².